The number of piperidine rings is 1. The summed E-state index contributed by atoms with van der Waals surface area (Å²) in [5, 5.41) is 3.48. The standard InChI is InChI=1S/C21H26N4/c1-24(2)15-16-6-5-7-17(14-16)21-23-19-8-3-4-9-20(19)25(21)18-10-12-22-13-11-18/h3-9,14,18,22H,10-13,15H2,1-2H3. The minimum absolute atomic E-state index is 0.515. The van der Waals surface area contributed by atoms with Gasteiger partial charge in [-0.3, -0.25) is 0 Å². The van der Waals surface area contributed by atoms with E-state index in [0.717, 1.165) is 43.8 Å². The van der Waals surface area contributed by atoms with Crippen molar-refractivity contribution in [3.63, 3.8) is 0 Å². The van der Waals surface area contributed by atoms with Crippen molar-refractivity contribution in [3.05, 3.63) is 54.1 Å². The third kappa shape index (κ3) is 3.32. The van der Waals surface area contributed by atoms with Crippen LogP contribution in [0.5, 0.6) is 0 Å². The first kappa shape index (κ1) is 16.3. The van der Waals surface area contributed by atoms with Crippen molar-refractivity contribution in [2.45, 2.75) is 25.4 Å². The third-order valence-corrected chi connectivity index (χ3v) is 4.95. The molecule has 0 atom stereocenters. The smallest absolute Gasteiger partial charge is 0.141 e. The maximum atomic E-state index is 5.01. The van der Waals surface area contributed by atoms with Gasteiger partial charge in [-0.25, -0.2) is 4.98 Å². The van der Waals surface area contributed by atoms with E-state index in [1.165, 1.54) is 16.6 Å². The highest BCUT2D eigenvalue weighted by Crippen LogP contribution is 2.32. The molecule has 1 aliphatic rings. The van der Waals surface area contributed by atoms with Gasteiger partial charge in [-0.2, -0.15) is 0 Å². The molecule has 3 aromatic rings. The molecule has 4 heteroatoms. The number of para-hydroxylation sites is 2. The SMILES string of the molecule is CN(C)Cc1cccc(-c2nc3ccccc3n2C2CCNCC2)c1. The summed E-state index contributed by atoms with van der Waals surface area (Å²) in [6, 6.07) is 17.9. The molecular formula is C21H26N4. The van der Waals surface area contributed by atoms with E-state index < -0.39 is 0 Å². The lowest BCUT2D eigenvalue weighted by Crippen LogP contribution is -2.29. The van der Waals surface area contributed by atoms with Crippen molar-refractivity contribution in [3.8, 4) is 11.4 Å². The van der Waals surface area contributed by atoms with E-state index >= 15 is 0 Å². The molecule has 1 aromatic heterocycles. The second-order valence-electron chi connectivity index (χ2n) is 7.21. The monoisotopic (exact) mass is 334 g/mol. The van der Waals surface area contributed by atoms with E-state index in [1.54, 1.807) is 0 Å². The molecule has 0 spiro atoms. The molecule has 0 saturated carbocycles. The largest absolute Gasteiger partial charge is 0.321 e. The summed E-state index contributed by atoms with van der Waals surface area (Å²) < 4.78 is 2.48. The predicted molar refractivity (Wildman–Crippen MR) is 104 cm³/mol. The van der Waals surface area contributed by atoms with Crippen LogP contribution in [-0.2, 0) is 6.54 Å². The van der Waals surface area contributed by atoms with E-state index in [9.17, 15) is 0 Å². The number of nitrogens with one attached hydrogen (secondary N) is 1. The van der Waals surface area contributed by atoms with Crippen LogP contribution < -0.4 is 5.32 Å². The fourth-order valence-corrected chi connectivity index (χ4v) is 3.86. The molecule has 0 aliphatic carbocycles. The van der Waals surface area contributed by atoms with Crippen LogP contribution in [0.4, 0.5) is 0 Å². The summed E-state index contributed by atoms with van der Waals surface area (Å²) >= 11 is 0. The van der Waals surface area contributed by atoms with E-state index in [2.05, 4.69) is 77.4 Å². The molecule has 130 valence electrons. The van der Waals surface area contributed by atoms with Crippen molar-refractivity contribution >= 4 is 11.0 Å². The van der Waals surface area contributed by atoms with Gasteiger partial charge >= 0.3 is 0 Å². The van der Waals surface area contributed by atoms with E-state index in [0.29, 0.717) is 6.04 Å². The predicted octanol–water partition coefficient (Wildman–Crippen LogP) is 3.69. The van der Waals surface area contributed by atoms with Crippen molar-refractivity contribution < 1.29 is 0 Å². The highest BCUT2D eigenvalue weighted by atomic mass is 15.1. The minimum Gasteiger partial charge on any atom is -0.321 e. The molecule has 4 nitrogen and oxygen atoms in total. The molecule has 0 amide bonds. The van der Waals surface area contributed by atoms with Gasteiger partial charge in [0.15, 0.2) is 0 Å². The molecule has 2 aromatic carbocycles. The van der Waals surface area contributed by atoms with Crippen LogP contribution in [0.2, 0.25) is 0 Å². The number of fused-ring (bicyclic) bond motifs is 1. The van der Waals surface area contributed by atoms with Gasteiger partial charge in [-0.15, -0.1) is 0 Å². The lowest BCUT2D eigenvalue weighted by atomic mass is 10.0. The van der Waals surface area contributed by atoms with Gasteiger partial charge in [0.25, 0.3) is 0 Å². The molecule has 1 N–H and O–H groups in total. The van der Waals surface area contributed by atoms with Gasteiger partial charge in [0, 0.05) is 18.2 Å². The summed E-state index contributed by atoms with van der Waals surface area (Å²) in [5.41, 5.74) is 4.89. The Labute approximate surface area is 149 Å². The van der Waals surface area contributed by atoms with Gasteiger partial charge in [0.2, 0.25) is 0 Å². The van der Waals surface area contributed by atoms with Gasteiger partial charge in [0.05, 0.1) is 11.0 Å². The molecule has 25 heavy (non-hydrogen) atoms. The average molecular weight is 334 g/mol. The molecule has 4 rings (SSSR count). The number of benzene rings is 2. The number of hydrogen-bond acceptors (Lipinski definition) is 3. The van der Waals surface area contributed by atoms with Crippen LogP contribution in [0.1, 0.15) is 24.4 Å². The Morgan fingerprint density at radius 2 is 1.88 bits per heavy atom. The fraction of sp³-hybridized carbons (Fsp3) is 0.381. The molecule has 0 unspecified atom stereocenters. The molecular weight excluding hydrogens is 308 g/mol. The van der Waals surface area contributed by atoms with E-state index in [1.807, 2.05) is 0 Å². The Morgan fingerprint density at radius 1 is 1.08 bits per heavy atom. The summed E-state index contributed by atoms with van der Waals surface area (Å²) in [6.45, 7) is 3.11. The highest BCUT2D eigenvalue weighted by molar-refractivity contribution is 5.81. The maximum absolute atomic E-state index is 5.01. The molecule has 2 heterocycles. The number of aromatic nitrogens is 2. The molecule has 0 bridgehead atoms. The van der Waals surface area contributed by atoms with Crippen LogP contribution in [-0.4, -0.2) is 41.6 Å². The zero-order valence-electron chi connectivity index (χ0n) is 15.1. The Hall–Kier alpha value is -2.17. The van der Waals surface area contributed by atoms with Gasteiger partial charge in [-0.05, 0) is 63.8 Å². The van der Waals surface area contributed by atoms with Gasteiger partial charge < -0.3 is 14.8 Å². The van der Waals surface area contributed by atoms with E-state index in [4.69, 9.17) is 4.98 Å². The summed E-state index contributed by atoms with van der Waals surface area (Å²) in [4.78, 5) is 7.21. The summed E-state index contributed by atoms with van der Waals surface area (Å²) in [7, 11) is 4.22. The quantitative estimate of drug-likeness (QED) is 0.790. The first-order chi connectivity index (χ1) is 12.2. The lowest BCUT2D eigenvalue weighted by Gasteiger charge is -2.26. The normalized spacial score (nSPS) is 16.0. The second-order valence-corrected chi connectivity index (χ2v) is 7.21. The van der Waals surface area contributed by atoms with Crippen LogP contribution in [0.15, 0.2) is 48.5 Å². The molecule has 1 fully saturated rings. The molecule has 1 aliphatic heterocycles. The zero-order chi connectivity index (χ0) is 17.2. The Kier molecular flexibility index (Phi) is 4.55. The van der Waals surface area contributed by atoms with Crippen LogP contribution in [0.3, 0.4) is 0 Å². The first-order valence-electron chi connectivity index (χ1n) is 9.14. The van der Waals surface area contributed by atoms with E-state index in [-0.39, 0.29) is 0 Å². The van der Waals surface area contributed by atoms with Crippen LogP contribution in [0.25, 0.3) is 22.4 Å². The molecule has 1 saturated heterocycles. The number of rotatable bonds is 4. The third-order valence-electron chi connectivity index (χ3n) is 4.95. The summed E-state index contributed by atoms with van der Waals surface area (Å²) in [6.07, 6.45) is 2.31. The average Bonchev–Trinajstić information content (AvgIpc) is 3.02. The lowest BCUT2D eigenvalue weighted by molar-refractivity contribution is 0.377. The number of nitrogens with zero attached hydrogens (tertiary/aromatic N) is 3. The van der Waals surface area contributed by atoms with Gasteiger partial charge in [0.1, 0.15) is 5.82 Å². The zero-order valence-corrected chi connectivity index (χ0v) is 15.1. The van der Waals surface area contributed by atoms with Crippen LogP contribution in [0, 0.1) is 0 Å². The molecule has 0 radical (unpaired) electrons. The number of imidazole rings is 1. The van der Waals surface area contributed by atoms with Crippen molar-refractivity contribution in [2.75, 3.05) is 27.2 Å². The fourth-order valence-electron chi connectivity index (χ4n) is 3.86. The van der Waals surface area contributed by atoms with Crippen molar-refractivity contribution in [1.29, 1.82) is 0 Å². The van der Waals surface area contributed by atoms with Crippen molar-refractivity contribution in [1.82, 2.24) is 19.8 Å². The Balaban J connectivity index is 1.83. The first-order valence-corrected chi connectivity index (χ1v) is 9.14. The Morgan fingerprint density at radius 3 is 2.68 bits per heavy atom. The second kappa shape index (κ2) is 6.98. The minimum atomic E-state index is 0.515. The Bertz CT molecular complexity index is 859. The topological polar surface area (TPSA) is 33.1 Å². The van der Waals surface area contributed by atoms with Crippen molar-refractivity contribution in [2.24, 2.45) is 0 Å². The van der Waals surface area contributed by atoms with Gasteiger partial charge in [-0.1, -0.05) is 30.3 Å². The summed E-state index contributed by atoms with van der Waals surface area (Å²) in [5.74, 6) is 1.11. The highest BCUT2D eigenvalue weighted by Gasteiger charge is 2.22. The number of hydrogen-bond donors (Lipinski definition) is 1. The van der Waals surface area contributed by atoms with Crippen LogP contribution >= 0.6 is 0 Å². The maximum Gasteiger partial charge on any atom is 0.141 e.